The zero-order valence-electron chi connectivity index (χ0n) is 13.0. The molecule has 0 aromatic carbocycles. The van der Waals surface area contributed by atoms with E-state index in [4.69, 9.17) is 4.42 Å². The van der Waals surface area contributed by atoms with Crippen LogP contribution in [0, 0.1) is 20.8 Å². The van der Waals surface area contributed by atoms with Crippen LogP contribution in [-0.2, 0) is 6.42 Å². The van der Waals surface area contributed by atoms with Gasteiger partial charge in [0.2, 0.25) is 0 Å². The normalized spacial score (nSPS) is 11.0. The Morgan fingerprint density at radius 2 is 2.09 bits per heavy atom. The molecule has 114 valence electrons. The smallest absolute Gasteiger partial charge is 0.255 e. The highest BCUT2D eigenvalue weighted by Crippen LogP contribution is 2.20. The molecule has 1 amide bonds. The number of imidazole rings is 1. The molecule has 0 bridgehead atoms. The Bertz CT molecular complexity index is 797. The largest absolute Gasteiger partial charge is 0.466 e. The van der Waals surface area contributed by atoms with E-state index >= 15 is 0 Å². The lowest BCUT2D eigenvalue weighted by atomic mass is 10.1. The zero-order valence-corrected chi connectivity index (χ0v) is 13.0. The summed E-state index contributed by atoms with van der Waals surface area (Å²) in [6, 6.07) is 5.89. The molecule has 0 aliphatic carbocycles. The van der Waals surface area contributed by atoms with Gasteiger partial charge < -0.3 is 14.1 Å². The Kier molecular flexibility index (Phi) is 3.71. The Hall–Kier alpha value is -2.56. The van der Waals surface area contributed by atoms with E-state index in [2.05, 4.69) is 10.3 Å². The summed E-state index contributed by atoms with van der Waals surface area (Å²) in [7, 11) is 0. The predicted molar refractivity (Wildman–Crippen MR) is 84.1 cm³/mol. The fourth-order valence-corrected chi connectivity index (χ4v) is 2.63. The molecule has 22 heavy (non-hydrogen) atoms. The molecule has 0 radical (unpaired) electrons. The summed E-state index contributed by atoms with van der Waals surface area (Å²) in [6.07, 6.45) is 4.65. The molecule has 0 saturated carbocycles. The van der Waals surface area contributed by atoms with Crippen molar-refractivity contribution in [2.75, 3.05) is 6.54 Å². The van der Waals surface area contributed by atoms with Gasteiger partial charge in [0.15, 0.2) is 0 Å². The van der Waals surface area contributed by atoms with Crippen LogP contribution >= 0.6 is 0 Å². The van der Waals surface area contributed by atoms with Gasteiger partial charge in [-0.15, -0.1) is 0 Å². The van der Waals surface area contributed by atoms with Gasteiger partial charge in [0.05, 0.1) is 11.3 Å². The number of hydrogen-bond donors (Lipinski definition) is 1. The summed E-state index contributed by atoms with van der Waals surface area (Å²) in [5.74, 6) is 1.37. The average Bonchev–Trinajstić information content (AvgIpc) is 3.00. The minimum Gasteiger partial charge on any atom is -0.466 e. The van der Waals surface area contributed by atoms with Crippen LogP contribution in [0.15, 0.2) is 35.0 Å². The first-order chi connectivity index (χ1) is 10.6. The van der Waals surface area contributed by atoms with E-state index in [0.29, 0.717) is 24.3 Å². The quantitative estimate of drug-likeness (QED) is 0.805. The number of nitrogens with zero attached hydrogens (tertiary/aromatic N) is 2. The highest BCUT2D eigenvalue weighted by Gasteiger charge is 2.18. The maximum absolute atomic E-state index is 12.3. The first-order valence-electron chi connectivity index (χ1n) is 7.33. The monoisotopic (exact) mass is 297 g/mol. The number of fused-ring (bicyclic) bond motifs is 1. The minimum absolute atomic E-state index is 0.0874. The fourth-order valence-electron chi connectivity index (χ4n) is 2.63. The van der Waals surface area contributed by atoms with E-state index in [0.717, 1.165) is 22.7 Å². The number of furan rings is 1. The molecule has 3 rings (SSSR count). The zero-order chi connectivity index (χ0) is 15.7. The summed E-state index contributed by atoms with van der Waals surface area (Å²) < 4.78 is 7.47. The van der Waals surface area contributed by atoms with Gasteiger partial charge in [0, 0.05) is 30.9 Å². The Balaban J connectivity index is 1.64. The van der Waals surface area contributed by atoms with Crippen LogP contribution in [-0.4, -0.2) is 21.8 Å². The van der Waals surface area contributed by atoms with E-state index in [1.54, 1.807) is 0 Å². The SMILES string of the molecule is Cc1oc(C)c(C(=O)NCCc2cn3ccccc3n2)c1C. The number of carbonyl (C=O) groups is 1. The number of amides is 1. The second-order valence-electron chi connectivity index (χ2n) is 5.42. The van der Waals surface area contributed by atoms with E-state index in [1.807, 2.05) is 55.8 Å². The van der Waals surface area contributed by atoms with Gasteiger partial charge >= 0.3 is 0 Å². The number of hydrogen-bond acceptors (Lipinski definition) is 3. The van der Waals surface area contributed by atoms with Crippen molar-refractivity contribution < 1.29 is 9.21 Å². The summed E-state index contributed by atoms with van der Waals surface area (Å²) in [5, 5.41) is 2.94. The van der Waals surface area contributed by atoms with Gasteiger partial charge in [-0.2, -0.15) is 0 Å². The Morgan fingerprint density at radius 3 is 2.77 bits per heavy atom. The average molecular weight is 297 g/mol. The number of carbonyl (C=O) groups excluding carboxylic acids is 1. The van der Waals surface area contributed by atoms with Crippen molar-refractivity contribution in [1.29, 1.82) is 0 Å². The van der Waals surface area contributed by atoms with E-state index in [9.17, 15) is 4.79 Å². The van der Waals surface area contributed by atoms with E-state index in [-0.39, 0.29) is 5.91 Å². The molecule has 0 aliphatic heterocycles. The highest BCUT2D eigenvalue weighted by molar-refractivity contribution is 5.96. The molecule has 3 heterocycles. The lowest BCUT2D eigenvalue weighted by Crippen LogP contribution is -2.26. The third-order valence-corrected chi connectivity index (χ3v) is 3.87. The highest BCUT2D eigenvalue weighted by atomic mass is 16.3. The van der Waals surface area contributed by atoms with Crippen molar-refractivity contribution >= 4 is 11.6 Å². The molecule has 3 aromatic heterocycles. The van der Waals surface area contributed by atoms with Crippen LogP contribution in [0.4, 0.5) is 0 Å². The van der Waals surface area contributed by atoms with Crippen molar-refractivity contribution in [3.05, 3.63) is 58.9 Å². The topological polar surface area (TPSA) is 59.5 Å². The van der Waals surface area contributed by atoms with Crippen LogP contribution in [0.1, 0.15) is 33.1 Å². The van der Waals surface area contributed by atoms with Crippen molar-refractivity contribution in [1.82, 2.24) is 14.7 Å². The molecular formula is C17H19N3O2. The number of aromatic nitrogens is 2. The van der Waals surface area contributed by atoms with Crippen molar-refractivity contribution in [2.45, 2.75) is 27.2 Å². The number of pyridine rings is 1. The molecule has 5 heteroatoms. The Labute approximate surface area is 129 Å². The summed E-state index contributed by atoms with van der Waals surface area (Å²) in [6.45, 7) is 6.14. The maximum atomic E-state index is 12.3. The fraction of sp³-hybridized carbons (Fsp3) is 0.294. The molecule has 0 saturated heterocycles. The molecule has 0 spiro atoms. The molecule has 0 atom stereocenters. The Morgan fingerprint density at radius 1 is 1.27 bits per heavy atom. The minimum atomic E-state index is -0.0874. The number of rotatable bonds is 4. The predicted octanol–water partition coefficient (Wildman–Crippen LogP) is 2.83. The lowest BCUT2D eigenvalue weighted by Gasteiger charge is -2.04. The van der Waals surface area contributed by atoms with Gasteiger partial charge in [0.25, 0.3) is 5.91 Å². The van der Waals surface area contributed by atoms with Gasteiger partial charge in [-0.25, -0.2) is 4.98 Å². The van der Waals surface area contributed by atoms with Crippen molar-refractivity contribution in [3.63, 3.8) is 0 Å². The second-order valence-corrected chi connectivity index (χ2v) is 5.42. The van der Waals surface area contributed by atoms with Gasteiger partial charge in [-0.1, -0.05) is 6.07 Å². The van der Waals surface area contributed by atoms with Gasteiger partial charge in [-0.05, 0) is 32.9 Å². The molecular weight excluding hydrogens is 278 g/mol. The van der Waals surface area contributed by atoms with Crippen LogP contribution in [0.2, 0.25) is 0 Å². The standard InChI is InChI=1S/C17H19N3O2/c1-11-12(2)22-13(3)16(11)17(21)18-8-7-14-10-20-9-5-4-6-15(20)19-14/h4-6,9-10H,7-8H2,1-3H3,(H,18,21). The molecule has 0 aliphatic rings. The first-order valence-corrected chi connectivity index (χ1v) is 7.33. The van der Waals surface area contributed by atoms with Crippen molar-refractivity contribution in [3.8, 4) is 0 Å². The first kappa shape index (κ1) is 14.4. The van der Waals surface area contributed by atoms with E-state index in [1.165, 1.54) is 0 Å². The molecule has 0 fully saturated rings. The summed E-state index contributed by atoms with van der Waals surface area (Å²) in [5.41, 5.74) is 3.43. The molecule has 0 unspecified atom stereocenters. The number of nitrogens with one attached hydrogen (secondary N) is 1. The lowest BCUT2D eigenvalue weighted by molar-refractivity contribution is 0.0952. The van der Waals surface area contributed by atoms with Crippen LogP contribution < -0.4 is 5.32 Å². The van der Waals surface area contributed by atoms with Crippen molar-refractivity contribution in [2.24, 2.45) is 0 Å². The van der Waals surface area contributed by atoms with Gasteiger partial charge in [-0.3, -0.25) is 4.79 Å². The van der Waals surface area contributed by atoms with Crippen LogP contribution in [0.5, 0.6) is 0 Å². The van der Waals surface area contributed by atoms with Crippen LogP contribution in [0.3, 0.4) is 0 Å². The van der Waals surface area contributed by atoms with E-state index < -0.39 is 0 Å². The third kappa shape index (κ3) is 2.62. The number of aryl methyl sites for hydroxylation is 2. The van der Waals surface area contributed by atoms with Gasteiger partial charge in [0.1, 0.15) is 17.2 Å². The second kappa shape index (κ2) is 5.67. The summed E-state index contributed by atoms with van der Waals surface area (Å²) in [4.78, 5) is 16.8. The maximum Gasteiger partial charge on any atom is 0.255 e. The molecule has 3 aromatic rings. The summed E-state index contributed by atoms with van der Waals surface area (Å²) >= 11 is 0. The third-order valence-electron chi connectivity index (χ3n) is 3.87. The van der Waals surface area contributed by atoms with Crippen LogP contribution in [0.25, 0.3) is 5.65 Å². The molecule has 1 N–H and O–H groups in total. The molecule has 5 nitrogen and oxygen atoms in total.